The van der Waals surface area contributed by atoms with Gasteiger partial charge in [0.2, 0.25) is 5.82 Å². The highest BCUT2D eigenvalue weighted by molar-refractivity contribution is 5.93. The van der Waals surface area contributed by atoms with E-state index in [1.807, 2.05) is 31.2 Å². The number of rotatable bonds is 9. The van der Waals surface area contributed by atoms with E-state index in [2.05, 4.69) is 5.32 Å². The van der Waals surface area contributed by atoms with Gasteiger partial charge in [-0.2, -0.15) is 4.39 Å². The number of nitrogens with one attached hydrogen (secondary N) is 1. The van der Waals surface area contributed by atoms with Crippen LogP contribution in [0.15, 0.2) is 42.5 Å². The molecule has 0 fully saturated rings. The fourth-order valence-corrected chi connectivity index (χ4v) is 2.26. The lowest BCUT2D eigenvalue weighted by atomic mass is 10.2. The van der Waals surface area contributed by atoms with Crippen LogP contribution in [0.4, 0.5) is 15.8 Å². The maximum absolute atomic E-state index is 13.3. The Morgan fingerprint density at radius 1 is 1.21 bits per heavy atom. The lowest BCUT2D eigenvalue weighted by Gasteiger charge is -2.08. The number of ether oxygens (including phenoxy) is 2. The highest BCUT2D eigenvalue weighted by Crippen LogP contribution is 2.21. The molecule has 8 nitrogen and oxygen atoms in total. The summed E-state index contributed by atoms with van der Waals surface area (Å²) in [5, 5.41) is 13.0. The molecule has 148 valence electrons. The number of nitro groups is 1. The van der Waals surface area contributed by atoms with E-state index in [0.717, 1.165) is 17.7 Å². The standard InChI is InChI=1S/C19H19FN2O6/c1-13-4-2-5-15(10-13)27-9-3-6-19(24)28-12-18(23)21-14-7-8-16(20)17(11-14)22(25)26/h2,4-5,7-8,10-11H,3,6,9,12H2,1H3,(H,21,23). The molecule has 0 aliphatic carbocycles. The van der Waals surface area contributed by atoms with Crippen LogP contribution in [0.5, 0.6) is 5.75 Å². The third-order valence-electron chi connectivity index (χ3n) is 3.57. The van der Waals surface area contributed by atoms with E-state index in [0.29, 0.717) is 18.8 Å². The summed E-state index contributed by atoms with van der Waals surface area (Å²) in [6, 6.07) is 10.4. The number of nitro benzene ring substituents is 1. The van der Waals surface area contributed by atoms with Crippen LogP contribution in [0.2, 0.25) is 0 Å². The number of hydrogen-bond donors (Lipinski definition) is 1. The van der Waals surface area contributed by atoms with Crippen LogP contribution in [-0.4, -0.2) is 30.0 Å². The van der Waals surface area contributed by atoms with Crippen molar-refractivity contribution in [2.45, 2.75) is 19.8 Å². The summed E-state index contributed by atoms with van der Waals surface area (Å²) in [5.41, 5.74) is 0.332. The smallest absolute Gasteiger partial charge is 0.306 e. The lowest BCUT2D eigenvalue weighted by Crippen LogP contribution is -2.21. The first-order valence-corrected chi connectivity index (χ1v) is 8.44. The average Bonchev–Trinajstić information content (AvgIpc) is 2.65. The average molecular weight is 390 g/mol. The van der Waals surface area contributed by atoms with Gasteiger partial charge in [-0.25, -0.2) is 0 Å². The van der Waals surface area contributed by atoms with Gasteiger partial charge in [0, 0.05) is 18.2 Å². The summed E-state index contributed by atoms with van der Waals surface area (Å²) >= 11 is 0. The fourth-order valence-electron chi connectivity index (χ4n) is 2.26. The SMILES string of the molecule is Cc1cccc(OCCCC(=O)OCC(=O)Nc2ccc(F)c([N+](=O)[O-])c2)c1. The number of amides is 1. The minimum Gasteiger partial charge on any atom is -0.494 e. The van der Waals surface area contributed by atoms with E-state index in [4.69, 9.17) is 9.47 Å². The van der Waals surface area contributed by atoms with Crippen LogP contribution >= 0.6 is 0 Å². The Bertz CT molecular complexity index is 871. The van der Waals surface area contributed by atoms with Crippen molar-refractivity contribution in [3.63, 3.8) is 0 Å². The molecular weight excluding hydrogens is 371 g/mol. The van der Waals surface area contributed by atoms with Gasteiger partial charge < -0.3 is 14.8 Å². The third kappa shape index (κ3) is 6.67. The molecule has 2 aromatic carbocycles. The molecule has 0 saturated heterocycles. The van der Waals surface area contributed by atoms with Gasteiger partial charge in [0.15, 0.2) is 6.61 Å². The van der Waals surface area contributed by atoms with Gasteiger partial charge in [0.05, 0.1) is 11.5 Å². The summed E-state index contributed by atoms with van der Waals surface area (Å²) in [6.07, 6.45) is 0.486. The summed E-state index contributed by atoms with van der Waals surface area (Å²) < 4.78 is 23.6. The molecule has 2 aromatic rings. The zero-order valence-corrected chi connectivity index (χ0v) is 15.1. The molecule has 1 N–H and O–H groups in total. The number of aryl methyl sites for hydroxylation is 1. The van der Waals surface area contributed by atoms with Crippen LogP contribution in [0, 0.1) is 22.9 Å². The van der Waals surface area contributed by atoms with Crippen molar-refractivity contribution in [3.8, 4) is 5.75 Å². The Morgan fingerprint density at radius 3 is 2.71 bits per heavy atom. The Hall–Kier alpha value is -3.49. The van der Waals surface area contributed by atoms with Crippen LogP contribution < -0.4 is 10.1 Å². The fraction of sp³-hybridized carbons (Fsp3) is 0.263. The molecule has 0 radical (unpaired) electrons. The zero-order chi connectivity index (χ0) is 20.5. The van der Waals surface area contributed by atoms with E-state index >= 15 is 0 Å². The Balaban J connectivity index is 1.68. The Labute approximate surface area is 160 Å². The Morgan fingerprint density at radius 2 is 2.00 bits per heavy atom. The van der Waals surface area contributed by atoms with Gasteiger partial charge in [-0.05, 0) is 43.2 Å². The van der Waals surface area contributed by atoms with Crippen LogP contribution in [-0.2, 0) is 14.3 Å². The summed E-state index contributed by atoms with van der Waals surface area (Å²) in [5.74, 6) is -1.57. The number of hydrogen-bond acceptors (Lipinski definition) is 6. The summed E-state index contributed by atoms with van der Waals surface area (Å²) in [7, 11) is 0. The summed E-state index contributed by atoms with van der Waals surface area (Å²) in [6.45, 7) is 1.71. The van der Waals surface area contributed by atoms with Gasteiger partial charge in [0.1, 0.15) is 5.75 Å². The predicted molar refractivity (Wildman–Crippen MR) is 98.6 cm³/mol. The summed E-state index contributed by atoms with van der Waals surface area (Å²) in [4.78, 5) is 33.2. The molecule has 2 rings (SSSR count). The van der Waals surface area contributed by atoms with Gasteiger partial charge >= 0.3 is 11.7 Å². The Kier molecular flexibility index (Phi) is 7.44. The molecule has 28 heavy (non-hydrogen) atoms. The lowest BCUT2D eigenvalue weighted by molar-refractivity contribution is -0.387. The minimum atomic E-state index is -1.01. The molecule has 9 heteroatoms. The molecule has 0 atom stereocenters. The molecule has 0 aromatic heterocycles. The van der Waals surface area contributed by atoms with Gasteiger partial charge in [-0.15, -0.1) is 0 Å². The normalized spacial score (nSPS) is 10.2. The second-order valence-electron chi connectivity index (χ2n) is 5.90. The minimum absolute atomic E-state index is 0.0284. The zero-order valence-electron chi connectivity index (χ0n) is 15.1. The number of halogens is 1. The van der Waals surface area contributed by atoms with Crippen LogP contribution in [0.25, 0.3) is 0 Å². The van der Waals surface area contributed by atoms with Gasteiger partial charge in [-0.3, -0.25) is 19.7 Å². The number of carbonyl (C=O) groups excluding carboxylic acids is 2. The van der Waals surface area contributed by atoms with E-state index in [1.165, 1.54) is 6.07 Å². The van der Waals surface area contributed by atoms with Crippen molar-refractivity contribution in [3.05, 3.63) is 64.0 Å². The van der Waals surface area contributed by atoms with Crippen molar-refractivity contribution < 1.29 is 28.4 Å². The van der Waals surface area contributed by atoms with Crippen LogP contribution in [0.1, 0.15) is 18.4 Å². The molecule has 0 saturated carbocycles. The van der Waals surface area contributed by atoms with E-state index in [9.17, 15) is 24.1 Å². The molecule has 0 aliphatic heterocycles. The predicted octanol–water partition coefficient (Wildman–Crippen LogP) is 3.38. The molecule has 0 spiro atoms. The van der Waals surface area contributed by atoms with E-state index in [-0.39, 0.29) is 12.1 Å². The topological polar surface area (TPSA) is 108 Å². The second kappa shape index (κ2) is 10.0. The van der Waals surface area contributed by atoms with E-state index in [1.54, 1.807) is 0 Å². The first-order chi connectivity index (χ1) is 13.3. The molecule has 0 heterocycles. The highest BCUT2D eigenvalue weighted by Gasteiger charge is 2.16. The number of esters is 1. The first-order valence-electron chi connectivity index (χ1n) is 8.44. The maximum atomic E-state index is 13.3. The van der Waals surface area contributed by atoms with Crippen molar-refractivity contribution in [1.82, 2.24) is 0 Å². The number of anilines is 1. The molecule has 0 bridgehead atoms. The van der Waals surface area contributed by atoms with Crippen LogP contribution in [0.3, 0.4) is 0 Å². The van der Waals surface area contributed by atoms with Gasteiger partial charge in [-0.1, -0.05) is 12.1 Å². The monoisotopic (exact) mass is 390 g/mol. The van der Waals surface area contributed by atoms with Crippen molar-refractivity contribution >= 4 is 23.3 Å². The first kappa shape index (κ1) is 20.8. The largest absolute Gasteiger partial charge is 0.494 e. The maximum Gasteiger partial charge on any atom is 0.306 e. The highest BCUT2D eigenvalue weighted by atomic mass is 19.1. The molecular formula is C19H19FN2O6. The van der Waals surface area contributed by atoms with Crippen molar-refractivity contribution in [2.24, 2.45) is 0 Å². The van der Waals surface area contributed by atoms with Gasteiger partial charge in [0.25, 0.3) is 5.91 Å². The number of benzene rings is 2. The van der Waals surface area contributed by atoms with Crippen molar-refractivity contribution in [1.29, 1.82) is 0 Å². The second-order valence-corrected chi connectivity index (χ2v) is 5.90. The molecule has 0 unspecified atom stereocenters. The number of nitrogens with zero attached hydrogens (tertiary/aromatic N) is 1. The quantitative estimate of drug-likeness (QED) is 0.304. The third-order valence-corrected chi connectivity index (χ3v) is 3.57. The molecule has 1 amide bonds. The van der Waals surface area contributed by atoms with E-state index < -0.39 is 34.9 Å². The number of carbonyl (C=O) groups is 2. The van der Waals surface area contributed by atoms with Crippen molar-refractivity contribution in [2.75, 3.05) is 18.5 Å². The molecule has 0 aliphatic rings.